The minimum absolute atomic E-state index is 0.157. The van der Waals surface area contributed by atoms with Crippen LogP contribution in [0.5, 0.6) is 11.5 Å². The Kier molecular flexibility index (Phi) is 6.85. The fourth-order valence-electron chi connectivity index (χ4n) is 3.24. The first kappa shape index (κ1) is 21.5. The Labute approximate surface area is 168 Å². The number of hydrogen-bond donors (Lipinski definition) is 0. The average molecular weight is 379 g/mol. The summed E-state index contributed by atoms with van der Waals surface area (Å²) in [6.45, 7) is 11.7. The monoisotopic (exact) mass is 378 g/mol. The topological polar surface area (TPSA) is 35.5 Å². The van der Waals surface area contributed by atoms with Crippen molar-refractivity contribution in [3.8, 4) is 11.5 Å². The van der Waals surface area contributed by atoms with Gasteiger partial charge in [0.1, 0.15) is 11.5 Å². The highest BCUT2D eigenvalue weighted by Gasteiger charge is 2.41. The van der Waals surface area contributed by atoms with Crippen LogP contribution >= 0.6 is 0 Å². The fraction of sp³-hybridized carbons (Fsp3) is 0.320. The van der Waals surface area contributed by atoms with Crippen LogP contribution in [0.25, 0.3) is 0 Å². The van der Waals surface area contributed by atoms with Gasteiger partial charge in [0, 0.05) is 10.8 Å². The summed E-state index contributed by atoms with van der Waals surface area (Å²) < 4.78 is 11.0. The number of rotatable bonds is 8. The van der Waals surface area contributed by atoms with Gasteiger partial charge in [-0.2, -0.15) is 0 Å². The molecule has 28 heavy (non-hydrogen) atoms. The lowest BCUT2D eigenvalue weighted by atomic mass is 9.67. The van der Waals surface area contributed by atoms with E-state index in [1.807, 2.05) is 102 Å². The van der Waals surface area contributed by atoms with E-state index in [0.717, 1.165) is 22.6 Å². The Balaban J connectivity index is 2.25. The minimum atomic E-state index is -0.636. The van der Waals surface area contributed by atoms with Crippen molar-refractivity contribution in [1.29, 1.82) is 0 Å². The lowest BCUT2D eigenvalue weighted by Gasteiger charge is -2.34. The molecule has 0 heterocycles. The first-order chi connectivity index (χ1) is 13.2. The summed E-state index contributed by atoms with van der Waals surface area (Å²) in [5.41, 5.74) is 0.656. The number of carbonyl (C=O) groups excluding carboxylic acids is 1. The second-order valence-corrected chi connectivity index (χ2v) is 7.80. The van der Waals surface area contributed by atoms with Crippen molar-refractivity contribution < 1.29 is 14.3 Å². The molecule has 0 aliphatic carbocycles. The number of allylic oxidation sites excluding steroid dienone is 2. The van der Waals surface area contributed by atoms with Crippen molar-refractivity contribution in [2.24, 2.45) is 0 Å². The Morgan fingerprint density at radius 3 is 1.29 bits per heavy atom. The van der Waals surface area contributed by atoms with Crippen molar-refractivity contribution in [2.75, 3.05) is 0 Å². The van der Waals surface area contributed by atoms with Gasteiger partial charge in [-0.15, -0.1) is 0 Å². The smallest absolute Gasteiger partial charge is 0.152 e. The molecule has 2 rings (SSSR count). The number of ketones is 1. The molecule has 0 fully saturated rings. The van der Waals surface area contributed by atoms with E-state index in [4.69, 9.17) is 9.47 Å². The minimum Gasteiger partial charge on any atom is -0.465 e. The van der Waals surface area contributed by atoms with Crippen LogP contribution in [-0.2, 0) is 15.6 Å². The van der Waals surface area contributed by atoms with Gasteiger partial charge in [-0.05, 0) is 76.9 Å². The summed E-state index contributed by atoms with van der Waals surface area (Å²) >= 11 is 0. The Bertz CT molecular complexity index is 767. The third kappa shape index (κ3) is 4.72. The van der Waals surface area contributed by atoms with E-state index in [2.05, 4.69) is 0 Å². The molecule has 0 spiro atoms. The van der Waals surface area contributed by atoms with Gasteiger partial charge >= 0.3 is 0 Å². The van der Waals surface area contributed by atoms with Gasteiger partial charge in [-0.25, -0.2) is 0 Å². The van der Waals surface area contributed by atoms with Crippen LogP contribution in [0.4, 0.5) is 0 Å². The summed E-state index contributed by atoms with van der Waals surface area (Å²) in [6, 6.07) is 15.4. The molecular formula is C25H30O3. The molecule has 148 valence electrons. The highest BCUT2D eigenvalue weighted by molar-refractivity contribution is 5.97. The van der Waals surface area contributed by atoms with Crippen molar-refractivity contribution in [1.82, 2.24) is 0 Å². The van der Waals surface area contributed by atoms with Gasteiger partial charge < -0.3 is 9.47 Å². The van der Waals surface area contributed by atoms with E-state index in [1.165, 1.54) is 0 Å². The molecule has 0 amide bonds. The largest absolute Gasteiger partial charge is 0.465 e. The average Bonchev–Trinajstić information content (AvgIpc) is 2.70. The maximum atomic E-state index is 13.5. The molecule has 0 N–H and O–H groups in total. The zero-order valence-electron chi connectivity index (χ0n) is 17.7. The molecule has 2 aromatic carbocycles. The number of benzene rings is 2. The Hall–Kier alpha value is -2.81. The number of carbonyl (C=O) groups is 1. The molecule has 0 aliphatic rings. The summed E-state index contributed by atoms with van der Waals surface area (Å²) in [4.78, 5) is 13.5. The van der Waals surface area contributed by atoms with Gasteiger partial charge in [0.05, 0.1) is 12.5 Å². The van der Waals surface area contributed by atoms with Crippen molar-refractivity contribution in [3.63, 3.8) is 0 Å². The number of Topliss-reactive ketones (excluding diaryl/α,β-unsaturated/α-hetero) is 1. The van der Waals surface area contributed by atoms with E-state index in [1.54, 1.807) is 12.5 Å². The van der Waals surface area contributed by atoms with E-state index < -0.39 is 10.8 Å². The zero-order chi connectivity index (χ0) is 20.8. The first-order valence-electron chi connectivity index (χ1n) is 9.55. The summed E-state index contributed by atoms with van der Waals surface area (Å²) in [5, 5.41) is 0. The molecule has 0 bridgehead atoms. The van der Waals surface area contributed by atoms with E-state index in [0.29, 0.717) is 0 Å². The quantitative estimate of drug-likeness (QED) is 0.503. The third-order valence-corrected chi connectivity index (χ3v) is 4.97. The van der Waals surface area contributed by atoms with Crippen LogP contribution in [-0.4, -0.2) is 5.78 Å². The van der Waals surface area contributed by atoms with Crippen molar-refractivity contribution in [2.45, 2.75) is 52.4 Å². The molecule has 0 saturated heterocycles. The Morgan fingerprint density at radius 2 is 1.00 bits per heavy atom. The van der Waals surface area contributed by atoms with Gasteiger partial charge in [-0.1, -0.05) is 36.4 Å². The lowest BCUT2D eigenvalue weighted by molar-refractivity contribution is -0.128. The molecule has 0 unspecified atom stereocenters. The summed E-state index contributed by atoms with van der Waals surface area (Å²) in [5.74, 6) is 1.66. The second-order valence-electron chi connectivity index (χ2n) is 7.80. The second kappa shape index (κ2) is 8.92. The van der Waals surface area contributed by atoms with Crippen LogP contribution in [0.2, 0.25) is 0 Å². The SMILES string of the molecule is CC=COc1ccc(C(C)(C)C(=O)C(C)(C)c2ccc(OC=CC)cc2)cc1. The van der Waals surface area contributed by atoms with Gasteiger partial charge in [0.15, 0.2) is 5.78 Å². The molecule has 0 atom stereocenters. The summed E-state index contributed by atoms with van der Waals surface area (Å²) in [6.07, 6.45) is 6.94. The third-order valence-electron chi connectivity index (χ3n) is 4.97. The fourth-order valence-corrected chi connectivity index (χ4v) is 3.24. The van der Waals surface area contributed by atoms with Crippen LogP contribution in [0.3, 0.4) is 0 Å². The van der Waals surface area contributed by atoms with Gasteiger partial charge in [0.25, 0.3) is 0 Å². The van der Waals surface area contributed by atoms with Crippen LogP contribution in [0.15, 0.2) is 73.2 Å². The first-order valence-corrected chi connectivity index (χ1v) is 9.55. The zero-order valence-corrected chi connectivity index (χ0v) is 17.7. The van der Waals surface area contributed by atoms with E-state index in [9.17, 15) is 4.79 Å². The molecule has 0 aliphatic heterocycles. The number of hydrogen-bond acceptors (Lipinski definition) is 3. The van der Waals surface area contributed by atoms with Crippen molar-refractivity contribution in [3.05, 3.63) is 84.3 Å². The predicted molar refractivity (Wildman–Crippen MR) is 115 cm³/mol. The van der Waals surface area contributed by atoms with Crippen molar-refractivity contribution >= 4 is 5.78 Å². The Morgan fingerprint density at radius 1 is 0.679 bits per heavy atom. The van der Waals surface area contributed by atoms with E-state index in [-0.39, 0.29) is 5.78 Å². The lowest BCUT2D eigenvalue weighted by Crippen LogP contribution is -2.42. The van der Waals surface area contributed by atoms with Crippen LogP contribution in [0.1, 0.15) is 52.7 Å². The normalized spacial score (nSPS) is 12.5. The summed E-state index contributed by atoms with van der Waals surface area (Å²) in [7, 11) is 0. The van der Waals surface area contributed by atoms with Crippen LogP contribution in [0, 0.1) is 0 Å². The molecule has 3 nitrogen and oxygen atoms in total. The maximum Gasteiger partial charge on any atom is 0.152 e. The molecule has 0 aromatic heterocycles. The highest BCUT2D eigenvalue weighted by Crippen LogP contribution is 2.36. The van der Waals surface area contributed by atoms with Crippen LogP contribution < -0.4 is 9.47 Å². The molecule has 3 heteroatoms. The number of ether oxygens (including phenoxy) is 2. The highest BCUT2D eigenvalue weighted by atomic mass is 16.5. The molecule has 0 saturated carbocycles. The standard InChI is InChI=1S/C25H30O3/c1-7-17-27-21-13-9-19(10-14-21)24(3,4)23(26)25(5,6)20-11-15-22(16-12-20)28-18-8-2/h7-18H,1-6H3. The molecule has 2 aromatic rings. The van der Waals surface area contributed by atoms with Gasteiger partial charge in [0.2, 0.25) is 0 Å². The predicted octanol–water partition coefficient (Wildman–Crippen LogP) is 6.34. The molecule has 0 radical (unpaired) electrons. The van der Waals surface area contributed by atoms with E-state index >= 15 is 0 Å². The maximum absolute atomic E-state index is 13.5. The molecular weight excluding hydrogens is 348 g/mol. The van der Waals surface area contributed by atoms with Gasteiger partial charge in [-0.3, -0.25) is 4.79 Å².